The number of aryl methyl sites for hydroxylation is 1. The van der Waals surface area contributed by atoms with Crippen LogP contribution in [0.3, 0.4) is 0 Å². The summed E-state index contributed by atoms with van der Waals surface area (Å²) in [4.78, 5) is 0. The van der Waals surface area contributed by atoms with E-state index in [1.54, 1.807) is 0 Å². The highest BCUT2D eigenvalue weighted by Gasteiger charge is 2.58. The first-order valence-corrected chi connectivity index (χ1v) is 8.84. The van der Waals surface area contributed by atoms with Crippen molar-refractivity contribution in [1.29, 1.82) is 0 Å². The van der Waals surface area contributed by atoms with E-state index in [1.807, 2.05) is 6.20 Å². The van der Waals surface area contributed by atoms with Crippen molar-refractivity contribution < 1.29 is 9.31 Å². The van der Waals surface area contributed by atoms with Gasteiger partial charge in [-0.1, -0.05) is 39.8 Å². The Kier molecular flexibility index (Phi) is 4.28. The van der Waals surface area contributed by atoms with Gasteiger partial charge in [0.15, 0.2) is 0 Å². The third-order valence-electron chi connectivity index (χ3n) is 5.82. The lowest BCUT2D eigenvalue weighted by atomic mass is 9.75. The Bertz CT molecular complexity index is 669. The van der Waals surface area contributed by atoms with E-state index >= 15 is 0 Å². The number of hydrogen-bond acceptors (Lipinski definition) is 3. The van der Waals surface area contributed by atoms with Gasteiger partial charge in [0, 0.05) is 5.39 Å². The van der Waals surface area contributed by atoms with Gasteiger partial charge >= 0.3 is 7.12 Å². The highest BCUT2D eigenvalue weighted by molar-refractivity contribution is 6.62. The summed E-state index contributed by atoms with van der Waals surface area (Å²) in [6, 6.07) is 4.29. The molecule has 1 aliphatic rings. The van der Waals surface area contributed by atoms with Crippen molar-refractivity contribution in [2.24, 2.45) is 0 Å². The molecule has 0 bridgehead atoms. The van der Waals surface area contributed by atoms with Gasteiger partial charge in [0.1, 0.15) is 0 Å². The Hall–Kier alpha value is -1.33. The van der Waals surface area contributed by atoms with Crippen LogP contribution in [0.4, 0.5) is 0 Å². The molecule has 3 rings (SSSR count). The van der Waals surface area contributed by atoms with Gasteiger partial charge in [0.2, 0.25) is 0 Å². The molecular weight excluding hydrogens is 287 g/mol. The molecule has 0 unspecified atom stereocenters. The topological polar surface area (TPSA) is 47.1 Å². The number of rotatable bonds is 5. The van der Waals surface area contributed by atoms with E-state index < -0.39 is 0 Å². The Morgan fingerprint density at radius 1 is 1.00 bits per heavy atom. The van der Waals surface area contributed by atoms with Gasteiger partial charge in [-0.05, 0) is 43.6 Å². The molecule has 0 saturated carbocycles. The predicted molar refractivity (Wildman–Crippen MR) is 95.0 cm³/mol. The highest BCUT2D eigenvalue weighted by Crippen LogP contribution is 2.46. The molecule has 0 amide bonds. The summed E-state index contributed by atoms with van der Waals surface area (Å²) >= 11 is 0. The molecule has 1 saturated heterocycles. The van der Waals surface area contributed by atoms with E-state index in [9.17, 15) is 0 Å². The first-order chi connectivity index (χ1) is 11.0. The number of aromatic amines is 1. The van der Waals surface area contributed by atoms with Crippen molar-refractivity contribution in [1.82, 2.24) is 10.2 Å². The number of H-pyrrole nitrogens is 1. The Labute approximate surface area is 139 Å². The molecule has 0 atom stereocenters. The molecule has 1 fully saturated rings. The van der Waals surface area contributed by atoms with E-state index in [-0.39, 0.29) is 18.3 Å². The zero-order chi connectivity index (χ0) is 16.7. The molecule has 0 radical (unpaired) electrons. The Morgan fingerprint density at radius 2 is 1.57 bits per heavy atom. The maximum absolute atomic E-state index is 6.56. The molecule has 1 aromatic heterocycles. The molecule has 2 aromatic rings. The summed E-state index contributed by atoms with van der Waals surface area (Å²) in [5, 5.41) is 8.30. The van der Waals surface area contributed by atoms with Gasteiger partial charge < -0.3 is 9.31 Å². The number of nitrogens with one attached hydrogen (secondary N) is 1. The minimum absolute atomic E-state index is 0.208. The zero-order valence-electron chi connectivity index (χ0n) is 14.9. The molecule has 23 heavy (non-hydrogen) atoms. The number of nitrogens with zero attached hydrogens (tertiary/aromatic N) is 1. The van der Waals surface area contributed by atoms with Crippen molar-refractivity contribution in [3.8, 4) is 0 Å². The smallest absolute Gasteiger partial charge is 0.399 e. The third kappa shape index (κ3) is 2.33. The van der Waals surface area contributed by atoms with Crippen molar-refractivity contribution >= 4 is 23.5 Å². The molecule has 5 heteroatoms. The third-order valence-corrected chi connectivity index (χ3v) is 5.82. The van der Waals surface area contributed by atoms with Gasteiger partial charge in [-0.2, -0.15) is 5.10 Å². The van der Waals surface area contributed by atoms with E-state index in [1.165, 1.54) is 5.56 Å². The molecule has 2 heterocycles. The quantitative estimate of drug-likeness (QED) is 0.855. The first kappa shape index (κ1) is 16.5. The number of benzene rings is 1. The molecule has 0 spiro atoms. The van der Waals surface area contributed by atoms with Gasteiger partial charge in [-0.25, -0.2) is 0 Å². The predicted octanol–water partition coefficient (Wildman–Crippen LogP) is 3.73. The van der Waals surface area contributed by atoms with Crippen LogP contribution < -0.4 is 5.46 Å². The normalized spacial score (nSPS) is 19.6. The van der Waals surface area contributed by atoms with Crippen molar-refractivity contribution in [2.45, 2.75) is 71.5 Å². The number of aromatic nitrogens is 2. The Morgan fingerprint density at radius 3 is 2.09 bits per heavy atom. The summed E-state index contributed by atoms with van der Waals surface area (Å²) in [7, 11) is -0.298. The summed E-state index contributed by atoms with van der Waals surface area (Å²) < 4.78 is 13.1. The molecular formula is C18H27BN2O2. The lowest BCUT2D eigenvalue weighted by molar-refractivity contribution is -0.0601. The average Bonchev–Trinajstić information content (AvgIpc) is 3.17. The Balaban J connectivity index is 2.03. The minimum atomic E-state index is -0.298. The number of fused-ring (bicyclic) bond motifs is 1. The van der Waals surface area contributed by atoms with Gasteiger partial charge in [0.05, 0.1) is 22.9 Å². The molecule has 124 valence electrons. The van der Waals surface area contributed by atoms with Crippen LogP contribution in [0.2, 0.25) is 0 Å². The minimum Gasteiger partial charge on any atom is -0.399 e. The summed E-state index contributed by atoms with van der Waals surface area (Å²) in [6.07, 6.45) is 5.73. The van der Waals surface area contributed by atoms with Crippen molar-refractivity contribution in [3.63, 3.8) is 0 Å². The van der Waals surface area contributed by atoms with Gasteiger partial charge in [0.25, 0.3) is 0 Å². The maximum Gasteiger partial charge on any atom is 0.494 e. The summed E-state index contributed by atoms with van der Waals surface area (Å²) in [5.74, 6) is 0. The lowest BCUT2D eigenvalue weighted by Crippen LogP contribution is -2.50. The van der Waals surface area contributed by atoms with Crippen LogP contribution in [-0.2, 0) is 9.31 Å². The first-order valence-electron chi connectivity index (χ1n) is 8.84. The average molecular weight is 314 g/mol. The SMILES string of the molecule is CCC1(CC)OB(c2cc(C)c3[nH]ncc3c2)OC1(CC)CC. The lowest BCUT2D eigenvalue weighted by Gasteiger charge is -2.42. The zero-order valence-corrected chi connectivity index (χ0v) is 14.9. The number of hydrogen-bond donors (Lipinski definition) is 1. The van der Waals surface area contributed by atoms with Crippen LogP contribution >= 0.6 is 0 Å². The monoisotopic (exact) mass is 314 g/mol. The fourth-order valence-electron chi connectivity index (χ4n) is 4.31. The molecule has 0 aliphatic carbocycles. The van der Waals surface area contributed by atoms with Crippen LogP contribution in [0.15, 0.2) is 18.3 Å². The molecule has 1 aliphatic heterocycles. The molecule has 1 N–H and O–H groups in total. The van der Waals surface area contributed by atoms with Crippen LogP contribution in [0.5, 0.6) is 0 Å². The standard InChI is InChI=1S/C18H27BN2O2/c1-6-17(7-2)18(8-3,9-4)23-19(22-17)15-10-13(5)16-14(11-15)12-20-21-16/h10-12H,6-9H2,1-5H3,(H,20,21). The summed E-state index contributed by atoms with van der Waals surface area (Å²) in [6.45, 7) is 10.9. The fourth-order valence-corrected chi connectivity index (χ4v) is 4.31. The van der Waals surface area contributed by atoms with E-state index in [0.717, 1.165) is 42.0 Å². The second-order valence-corrected chi connectivity index (χ2v) is 6.64. The van der Waals surface area contributed by atoms with E-state index in [2.05, 4.69) is 56.9 Å². The van der Waals surface area contributed by atoms with E-state index in [4.69, 9.17) is 9.31 Å². The molecule has 4 nitrogen and oxygen atoms in total. The molecule has 1 aromatic carbocycles. The van der Waals surface area contributed by atoms with Gasteiger partial charge in [-0.15, -0.1) is 0 Å². The second-order valence-electron chi connectivity index (χ2n) is 6.64. The van der Waals surface area contributed by atoms with Crippen LogP contribution in [0, 0.1) is 6.92 Å². The van der Waals surface area contributed by atoms with Crippen molar-refractivity contribution in [3.05, 3.63) is 23.9 Å². The van der Waals surface area contributed by atoms with Crippen LogP contribution in [-0.4, -0.2) is 28.5 Å². The van der Waals surface area contributed by atoms with Gasteiger partial charge in [-0.3, -0.25) is 5.10 Å². The second kappa shape index (κ2) is 5.95. The van der Waals surface area contributed by atoms with E-state index in [0.29, 0.717) is 0 Å². The van der Waals surface area contributed by atoms with Crippen LogP contribution in [0.25, 0.3) is 10.9 Å². The summed E-state index contributed by atoms with van der Waals surface area (Å²) in [5.41, 5.74) is 2.93. The van der Waals surface area contributed by atoms with Crippen LogP contribution in [0.1, 0.15) is 58.9 Å². The maximum atomic E-state index is 6.56. The fraction of sp³-hybridized carbons (Fsp3) is 0.611. The highest BCUT2D eigenvalue weighted by atomic mass is 16.7. The van der Waals surface area contributed by atoms with Crippen molar-refractivity contribution in [2.75, 3.05) is 0 Å². The largest absolute Gasteiger partial charge is 0.494 e.